The molecular weight excluding hydrogens is 370 g/mol. The molecule has 1 aromatic heterocycles. The largest absolute Gasteiger partial charge is 0.317 e. The summed E-state index contributed by atoms with van der Waals surface area (Å²) >= 11 is 5.25. The van der Waals surface area contributed by atoms with Gasteiger partial charge in [-0.25, -0.2) is 0 Å². The second kappa shape index (κ2) is 7.25. The molecule has 0 aliphatic carbocycles. The van der Waals surface area contributed by atoms with E-state index in [-0.39, 0.29) is 10.7 Å². The molecule has 1 aliphatic rings. The summed E-state index contributed by atoms with van der Waals surface area (Å²) in [6, 6.07) is 20.9. The molecule has 0 saturated carbocycles. The van der Waals surface area contributed by atoms with Crippen LogP contribution in [0.2, 0.25) is 0 Å². The van der Waals surface area contributed by atoms with Crippen LogP contribution in [0.3, 0.4) is 0 Å². The molecule has 1 fully saturated rings. The van der Waals surface area contributed by atoms with E-state index < -0.39 is 11.8 Å². The van der Waals surface area contributed by atoms with Crippen LogP contribution in [0.4, 0.5) is 5.69 Å². The Morgan fingerprint density at radius 2 is 1.68 bits per heavy atom. The van der Waals surface area contributed by atoms with Gasteiger partial charge in [-0.1, -0.05) is 30.3 Å². The average molecular weight is 387 g/mol. The zero-order valence-electron chi connectivity index (χ0n) is 15.1. The Labute approximate surface area is 167 Å². The summed E-state index contributed by atoms with van der Waals surface area (Å²) in [5.41, 5.74) is 3.31. The van der Waals surface area contributed by atoms with E-state index in [0.717, 1.165) is 16.9 Å². The van der Waals surface area contributed by atoms with E-state index in [0.29, 0.717) is 5.69 Å². The van der Waals surface area contributed by atoms with Crippen molar-refractivity contribution < 1.29 is 9.59 Å². The third-order valence-corrected chi connectivity index (χ3v) is 4.75. The predicted octanol–water partition coefficient (Wildman–Crippen LogP) is 3.62. The van der Waals surface area contributed by atoms with Gasteiger partial charge in [-0.15, -0.1) is 0 Å². The number of rotatable bonds is 3. The van der Waals surface area contributed by atoms with Crippen LogP contribution < -0.4 is 10.2 Å². The maximum absolute atomic E-state index is 13.1. The number of carbonyl (C=O) groups is 2. The number of anilines is 1. The molecule has 0 bridgehead atoms. The van der Waals surface area contributed by atoms with Gasteiger partial charge >= 0.3 is 0 Å². The highest BCUT2D eigenvalue weighted by molar-refractivity contribution is 7.80. The smallest absolute Gasteiger partial charge is 0.270 e. The summed E-state index contributed by atoms with van der Waals surface area (Å²) in [6.45, 7) is 1.93. The highest BCUT2D eigenvalue weighted by Crippen LogP contribution is 2.23. The minimum absolute atomic E-state index is 0.0333. The second-order valence-corrected chi connectivity index (χ2v) is 6.82. The zero-order chi connectivity index (χ0) is 19.7. The first-order valence-electron chi connectivity index (χ1n) is 8.75. The van der Waals surface area contributed by atoms with Crippen LogP contribution in [0.5, 0.6) is 0 Å². The van der Waals surface area contributed by atoms with Gasteiger partial charge in [-0.05, 0) is 67.2 Å². The summed E-state index contributed by atoms with van der Waals surface area (Å²) in [5, 5.41) is 2.70. The van der Waals surface area contributed by atoms with Gasteiger partial charge in [0, 0.05) is 17.6 Å². The molecule has 1 N–H and O–H groups in total. The van der Waals surface area contributed by atoms with Gasteiger partial charge in [-0.2, -0.15) is 0 Å². The van der Waals surface area contributed by atoms with Crippen molar-refractivity contribution in [2.75, 3.05) is 4.90 Å². The minimum Gasteiger partial charge on any atom is -0.317 e. The van der Waals surface area contributed by atoms with Gasteiger partial charge in [0.2, 0.25) is 0 Å². The zero-order valence-corrected chi connectivity index (χ0v) is 15.9. The van der Waals surface area contributed by atoms with E-state index >= 15 is 0 Å². The first kappa shape index (κ1) is 17.9. The molecule has 0 unspecified atom stereocenters. The molecule has 1 saturated heterocycles. The van der Waals surface area contributed by atoms with E-state index in [4.69, 9.17) is 12.2 Å². The monoisotopic (exact) mass is 387 g/mol. The Balaban J connectivity index is 1.76. The molecule has 0 atom stereocenters. The van der Waals surface area contributed by atoms with Gasteiger partial charge in [-0.3, -0.25) is 19.8 Å². The van der Waals surface area contributed by atoms with E-state index in [2.05, 4.69) is 5.32 Å². The Morgan fingerprint density at radius 1 is 0.929 bits per heavy atom. The van der Waals surface area contributed by atoms with Crippen molar-refractivity contribution in [3.63, 3.8) is 0 Å². The second-order valence-electron chi connectivity index (χ2n) is 6.44. The summed E-state index contributed by atoms with van der Waals surface area (Å²) in [5.74, 6) is -0.945. The average Bonchev–Trinajstić information content (AvgIpc) is 3.14. The topological polar surface area (TPSA) is 54.3 Å². The quantitative estimate of drug-likeness (QED) is 0.424. The maximum atomic E-state index is 13.1. The Morgan fingerprint density at radius 3 is 2.43 bits per heavy atom. The molecule has 2 heterocycles. The number of aryl methyl sites for hydroxylation is 1. The number of benzene rings is 2. The van der Waals surface area contributed by atoms with E-state index in [1.54, 1.807) is 12.1 Å². The standard InChI is InChI=1S/C22H17N3O2S/c1-15-7-5-10-18(13-15)25-21(27)19(20(26)23-22(25)28)14-17-11-6-12-24(17)16-8-3-2-4-9-16/h2-14H,1H3,(H,23,26,28)/b19-14-. The van der Waals surface area contributed by atoms with Gasteiger partial charge in [0.1, 0.15) is 5.57 Å². The molecule has 3 aromatic rings. The molecule has 2 amide bonds. The van der Waals surface area contributed by atoms with Crippen molar-refractivity contribution in [3.05, 3.63) is 89.8 Å². The van der Waals surface area contributed by atoms with Crippen LogP contribution in [0.15, 0.2) is 78.5 Å². The lowest BCUT2D eigenvalue weighted by atomic mass is 10.1. The van der Waals surface area contributed by atoms with E-state index in [1.165, 1.54) is 4.90 Å². The van der Waals surface area contributed by atoms with Gasteiger partial charge in [0.05, 0.1) is 5.69 Å². The number of aromatic nitrogens is 1. The lowest BCUT2D eigenvalue weighted by Crippen LogP contribution is -2.54. The molecule has 138 valence electrons. The van der Waals surface area contributed by atoms with Gasteiger partial charge in [0.15, 0.2) is 5.11 Å². The Hall–Kier alpha value is -3.51. The number of para-hydroxylation sites is 1. The number of thiocarbonyl (C=S) groups is 1. The fourth-order valence-corrected chi connectivity index (χ4v) is 3.42. The molecule has 4 rings (SSSR count). The summed E-state index contributed by atoms with van der Waals surface area (Å²) in [7, 11) is 0. The number of nitrogens with one attached hydrogen (secondary N) is 1. The molecule has 0 spiro atoms. The molecule has 1 aliphatic heterocycles. The molecule has 5 nitrogen and oxygen atoms in total. The SMILES string of the molecule is Cc1cccc(N2C(=O)/C(=C\c3cccn3-c3ccccc3)C(=O)NC2=S)c1. The highest BCUT2D eigenvalue weighted by atomic mass is 32.1. The summed E-state index contributed by atoms with van der Waals surface area (Å²) in [4.78, 5) is 27.0. The molecular formula is C22H17N3O2S. The molecule has 0 radical (unpaired) electrons. The van der Waals surface area contributed by atoms with Gasteiger partial charge < -0.3 is 4.57 Å². The number of nitrogens with zero attached hydrogens (tertiary/aromatic N) is 2. The Bertz CT molecular complexity index is 1120. The lowest BCUT2D eigenvalue weighted by molar-refractivity contribution is -0.122. The first-order valence-corrected chi connectivity index (χ1v) is 9.16. The predicted molar refractivity (Wildman–Crippen MR) is 113 cm³/mol. The normalized spacial score (nSPS) is 15.8. The summed E-state index contributed by atoms with van der Waals surface area (Å²) in [6.07, 6.45) is 3.48. The highest BCUT2D eigenvalue weighted by Gasteiger charge is 2.34. The number of hydrogen-bond acceptors (Lipinski definition) is 3. The van der Waals surface area contributed by atoms with Crippen molar-refractivity contribution in [2.24, 2.45) is 0 Å². The van der Waals surface area contributed by atoms with E-state index in [1.807, 2.05) is 78.4 Å². The number of hydrogen-bond donors (Lipinski definition) is 1. The van der Waals surface area contributed by atoms with Gasteiger partial charge in [0.25, 0.3) is 11.8 Å². The third kappa shape index (κ3) is 3.25. The fraction of sp³-hybridized carbons (Fsp3) is 0.0455. The van der Waals surface area contributed by atoms with Crippen molar-refractivity contribution in [3.8, 4) is 5.69 Å². The Kier molecular flexibility index (Phi) is 4.63. The molecule has 28 heavy (non-hydrogen) atoms. The van der Waals surface area contributed by atoms with Crippen molar-refractivity contribution in [2.45, 2.75) is 6.92 Å². The van der Waals surface area contributed by atoms with Crippen LogP contribution in [-0.4, -0.2) is 21.5 Å². The summed E-state index contributed by atoms with van der Waals surface area (Å²) < 4.78 is 1.91. The van der Waals surface area contributed by atoms with Crippen LogP contribution in [-0.2, 0) is 9.59 Å². The molecule has 2 aromatic carbocycles. The van der Waals surface area contributed by atoms with Crippen LogP contribution >= 0.6 is 12.2 Å². The van der Waals surface area contributed by atoms with E-state index in [9.17, 15) is 9.59 Å². The minimum atomic E-state index is -0.500. The maximum Gasteiger partial charge on any atom is 0.270 e. The molecule has 6 heteroatoms. The fourth-order valence-electron chi connectivity index (χ4n) is 3.14. The van der Waals surface area contributed by atoms with Crippen LogP contribution in [0.25, 0.3) is 11.8 Å². The van der Waals surface area contributed by atoms with Crippen LogP contribution in [0, 0.1) is 6.92 Å². The number of carbonyl (C=O) groups excluding carboxylic acids is 2. The van der Waals surface area contributed by atoms with Crippen molar-refractivity contribution in [1.29, 1.82) is 0 Å². The van der Waals surface area contributed by atoms with Crippen molar-refractivity contribution >= 4 is 40.9 Å². The van der Waals surface area contributed by atoms with Crippen LogP contribution in [0.1, 0.15) is 11.3 Å². The first-order chi connectivity index (χ1) is 13.5. The van der Waals surface area contributed by atoms with Crippen molar-refractivity contribution in [1.82, 2.24) is 9.88 Å². The third-order valence-electron chi connectivity index (χ3n) is 4.47. The lowest BCUT2D eigenvalue weighted by Gasteiger charge is -2.29. The number of amides is 2.